The second-order valence-electron chi connectivity index (χ2n) is 4.75. The highest BCUT2D eigenvalue weighted by molar-refractivity contribution is 14.1. The number of hydrogen-bond donors (Lipinski definition) is 1. The van der Waals surface area contributed by atoms with Crippen LogP contribution in [0.3, 0.4) is 0 Å². The first-order valence-corrected chi connectivity index (χ1v) is 8.90. The van der Waals surface area contributed by atoms with Gasteiger partial charge < -0.3 is 9.73 Å². The van der Waals surface area contributed by atoms with E-state index in [0.29, 0.717) is 10.8 Å². The fraction of sp³-hybridized carbons (Fsp3) is 0. The predicted molar refractivity (Wildman–Crippen MR) is 104 cm³/mol. The highest BCUT2D eigenvalue weighted by Crippen LogP contribution is 2.26. The van der Waals surface area contributed by atoms with Crippen LogP contribution in [0.15, 0.2) is 63.5 Å². The molecule has 1 aromatic heterocycles. The van der Waals surface area contributed by atoms with Gasteiger partial charge in [0, 0.05) is 18.6 Å². The van der Waals surface area contributed by atoms with Gasteiger partial charge in [-0.2, -0.15) is 0 Å². The maximum absolute atomic E-state index is 12.3. The highest BCUT2D eigenvalue weighted by Gasteiger charge is 2.14. The zero-order chi connectivity index (χ0) is 16.4. The second kappa shape index (κ2) is 7.07. The van der Waals surface area contributed by atoms with E-state index in [9.17, 15) is 4.79 Å². The first-order chi connectivity index (χ1) is 11.0. The minimum absolute atomic E-state index is 0.258. The lowest BCUT2D eigenvalue weighted by Gasteiger charge is -2.06. The number of carbonyl (C=O) groups is 1. The Balaban J connectivity index is 1.79. The Hall–Kier alpha value is -1.31. The molecule has 0 aliphatic rings. The van der Waals surface area contributed by atoms with Gasteiger partial charge in [-0.3, -0.25) is 4.79 Å². The van der Waals surface area contributed by atoms with Crippen molar-refractivity contribution in [3.63, 3.8) is 0 Å². The van der Waals surface area contributed by atoms with Gasteiger partial charge in [-0.1, -0.05) is 27.5 Å². The monoisotopic (exact) mass is 501 g/mol. The Morgan fingerprint density at radius 2 is 1.83 bits per heavy atom. The Kier molecular flexibility index (Phi) is 5.08. The summed E-state index contributed by atoms with van der Waals surface area (Å²) in [6, 6.07) is 16.3. The van der Waals surface area contributed by atoms with Crippen molar-refractivity contribution in [2.24, 2.45) is 0 Å². The summed E-state index contributed by atoms with van der Waals surface area (Å²) in [5.74, 6) is 0.594. The molecular formula is C17H10BrClINO2. The molecule has 23 heavy (non-hydrogen) atoms. The van der Waals surface area contributed by atoms with Crippen LogP contribution in [0.25, 0.3) is 11.3 Å². The molecule has 116 valence electrons. The van der Waals surface area contributed by atoms with Crippen LogP contribution in [-0.2, 0) is 0 Å². The van der Waals surface area contributed by atoms with E-state index in [1.54, 1.807) is 24.3 Å². The lowest BCUT2D eigenvalue weighted by Crippen LogP contribution is -2.11. The average Bonchev–Trinajstić information content (AvgIpc) is 3.01. The van der Waals surface area contributed by atoms with E-state index in [4.69, 9.17) is 16.0 Å². The Morgan fingerprint density at radius 3 is 2.52 bits per heavy atom. The third-order valence-corrected chi connectivity index (χ3v) is 4.78. The van der Waals surface area contributed by atoms with E-state index in [-0.39, 0.29) is 11.7 Å². The molecule has 3 aromatic rings. The largest absolute Gasteiger partial charge is 0.451 e. The van der Waals surface area contributed by atoms with Crippen molar-refractivity contribution in [2.45, 2.75) is 0 Å². The summed E-state index contributed by atoms with van der Waals surface area (Å²) < 4.78 is 7.54. The summed E-state index contributed by atoms with van der Waals surface area (Å²) >= 11 is 11.4. The summed E-state index contributed by atoms with van der Waals surface area (Å²) in [6.45, 7) is 0. The number of carbonyl (C=O) groups excluding carboxylic acids is 1. The zero-order valence-electron chi connectivity index (χ0n) is 11.6. The first-order valence-electron chi connectivity index (χ1n) is 6.65. The average molecular weight is 503 g/mol. The molecule has 1 amide bonds. The Labute approximate surface area is 160 Å². The van der Waals surface area contributed by atoms with Gasteiger partial charge in [-0.05, 0) is 77.2 Å². The molecule has 0 saturated heterocycles. The summed E-state index contributed by atoms with van der Waals surface area (Å²) in [6.07, 6.45) is 0. The lowest BCUT2D eigenvalue weighted by atomic mass is 10.2. The molecule has 0 aliphatic heterocycles. The minimum Gasteiger partial charge on any atom is -0.451 e. The molecular weight excluding hydrogens is 492 g/mol. The maximum atomic E-state index is 12.3. The molecule has 3 nitrogen and oxygen atoms in total. The van der Waals surface area contributed by atoms with Gasteiger partial charge in [0.1, 0.15) is 5.76 Å². The maximum Gasteiger partial charge on any atom is 0.291 e. The molecule has 6 heteroatoms. The third-order valence-electron chi connectivity index (χ3n) is 3.14. The quantitative estimate of drug-likeness (QED) is 0.432. The first kappa shape index (κ1) is 16.5. The SMILES string of the molecule is O=C(Nc1ccc(Br)cc1I)c1ccc(-c2ccc(Cl)cc2)o1. The molecule has 0 atom stereocenters. The number of nitrogens with one attached hydrogen (secondary N) is 1. The molecule has 1 N–H and O–H groups in total. The molecule has 0 bridgehead atoms. The van der Waals surface area contributed by atoms with Gasteiger partial charge >= 0.3 is 0 Å². The van der Waals surface area contributed by atoms with Crippen LogP contribution in [0, 0.1) is 3.57 Å². The molecule has 2 aromatic carbocycles. The third kappa shape index (κ3) is 3.97. The van der Waals surface area contributed by atoms with E-state index < -0.39 is 0 Å². The number of benzene rings is 2. The highest BCUT2D eigenvalue weighted by atomic mass is 127. The molecule has 0 spiro atoms. The number of rotatable bonds is 3. The van der Waals surface area contributed by atoms with Crippen LogP contribution in [0.5, 0.6) is 0 Å². The van der Waals surface area contributed by atoms with Crippen LogP contribution >= 0.6 is 50.1 Å². The van der Waals surface area contributed by atoms with E-state index in [1.807, 2.05) is 30.3 Å². The summed E-state index contributed by atoms with van der Waals surface area (Å²) in [4.78, 5) is 12.3. The normalized spacial score (nSPS) is 10.6. The number of halogens is 3. The van der Waals surface area contributed by atoms with E-state index in [2.05, 4.69) is 43.8 Å². The Morgan fingerprint density at radius 1 is 1.09 bits per heavy atom. The standard InChI is InChI=1S/C17H10BrClINO2/c18-11-3-6-14(13(20)9-11)21-17(22)16-8-7-15(23-16)10-1-4-12(19)5-2-10/h1-9H,(H,21,22). The number of hydrogen-bond acceptors (Lipinski definition) is 2. The molecule has 0 radical (unpaired) electrons. The molecule has 1 heterocycles. The lowest BCUT2D eigenvalue weighted by molar-refractivity contribution is 0.0997. The fourth-order valence-electron chi connectivity index (χ4n) is 2.00. The van der Waals surface area contributed by atoms with Gasteiger partial charge in [0.2, 0.25) is 0 Å². The molecule has 0 saturated carbocycles. The van der Waals surface area contributed by atoms with Crippen molar-refractivity contribution >= 4 is 61.7 Å². The van der Waals surface area contributed by atoms with Crippen molar-refractivity contribution < 1.29 is 9.21 Å². The summed E-state index contributed by atoms with van der Waals surface area (Å²) in [5, 5.41) is 3.50. The molecule has 3 rings (SSSR count). The summed E-state index contributed by atoms with van der Waals surface area (Å²) in [7, 11) is 0. The Bertz CT molecular complexity index is 861. The fourth-order valence-corrected chi connectivity index (χ4v) is 3.57. The number of furan rings is 1. The van der Waals surface area contributed by atoms with E-state index in [1.165, 1.54) is 0 Å². The van der Waals surface area contributed by atoms with Gasteiger partial charge in [0.25, 0.3) is 5.91 Å². The van der Waals surface area contributed by atoms with Crippen LogP contribution in [0.1, 0.15) is 10.6 Å². The van der Waals surface area contributed by atoms with Gasteiger partial charge in [-0.15, -0.1) is 0 Å². The van der Waals surface area contributed by atoms with Crippen LogP contribution < -0.4 is 5.32 Å². The van der Waals surface area contributed by atoms with E-state index >= 15 is 0 Å². The van der Waals surface area contributed by atoms with Crippen molar-refractivity contribution in [3.05, 3.63) is 73.4 Å². The van der Waals surface area contributed by atoms with Crippen molar-refractivity contribution in [1.82, 2.24) is 0 Å². The summed E-state index contributed by atoms with van der Waals surface area (Å²) in [5.41, 5.74) is 1.61. The molecule has 0 aliphatic carbocycles. The van der Waals surface area contributed by atoms with Gasteiger partial charge in [0.15, 0.2) is 5.76 Å². The van der Waals surface area contributed by atoms with Gasteiger partial charge in [0.05, 0.1) is 5.69 Å². The van der Waals surface area contributed by atoms with Gasteiger partial charge in [-0.25, -0.2) is 0 Å². The van der Waals surface area contributed by atoms with Crippen LogP contribution in [0.4, 0.5) is 5.69 Å². The molecule has 0 unspecified atom stereocenters. The number of anilines is 1. The van der Waals surface area contributed by atoms with Crippen LogP contribution in [0.2, 0.25) is 5.02 Å². The smallest absolute Gasteiger partial charge is 0.291 e. The minimum atomic E-state index is -0.287. The van der Waals surface area contributed by atoms with E-state index in [0.717, 1.165) is 19.3 Å². The number of amides is 1. The second-order valence-corrected chi connectivity index (χ2v) is 7.26. The van der Waals surface area contributed by atoms with Crippen molar-refractivity contribution in [2.75, 3.05) is 5.32 Å². The van der Waals surface area contributed by atoms with Crippen molar-refractivity contribution in [1.29, 1.82) is 0 Å². The predicted octanol–water partition coefficient (Wildman–Crippen LogP) is 6.22. The topological polar surface area (TPSA) is 42.2 Å². The van der Waals surface area contributed by atoms with Crippen LogP contribution in [-0.4, -0.2) is 5.91 Å². The molecule has 0 fully saturated rings. The zero-order valence-corrected chi connectivity index (χ0v) is 16.1. The van der Waals surface area contributed by atoms with Crippen molar-refractivity contribution in [3.8, 4) is 11.3 Å².